The highest BCUT2D eigenvalue weighted by atomic mass is 16.5. The molecule has 0 aromatic carbocycles. The zero-order valence-electron chi connectivity index (χ0n) is 17.9. The molecular formula is C25H46O. The van der Waals surface area contributed by atoms with Crippen LogP contribution in [-0.4, -0.2) is 12.7 Å². The largest absolute Gasteiger partial charge is 0.378 e. The van der Waals surface area contributed by atoms with E-state index in [1.165, 1.54) is 109 Å². The van der Waals surface area contributed by atoms with Crippen molar-refractivity contribution < 1.29 is 4.74 Å². The first-order valence-corrected chi connectivity index (χ1v) is 12.4. The molecule has 0 spiro atoms. The van der Waals surface area contributed by atoms with E-state index in [4.69, 9.17) is 4.74 Å². The molecule has 3 rings (SSSR count). The zero-order chi connectivity index (χ0) is 18.2. The van der Waals surface area contributed by atoms with Gasteiger partial charge in [-0.1, -0.05) is 65.2 Å². The van der Waals surface area contributed by atoms with Gasteiger partial charge in [0, 0.05) is 0 Å². The lowest BCUT2D eigenvalue weighted by atomic mass is 9.64. The molecule has 0 radical (unpaired) electrons. The average Bonchev–Trinajstić information content (AvgIpc) is 2.69. The minimum atomic E-state index is 0.528. The molecule has 0 N–H and O–H groups in total. The molecule has 1 nitrogen and oxygen atoms in total. The molecule has 1 heteroatoms. The van der Waals surface area contributed by atoms with Gasteiger partial charge in [-0.15, -0.1) is 0 Å². The van der Waals surface area contributed by atoms with E-state index in [9.17, 15) is 0 Å². The normalized spacial score (nSPS) is 36.9. The molecule has 152 valence electrons. The van der Waals surface area contributed by atoms with Crippen LogP contribution < -0.4 is 0 Å². The van der Waals surface area contributed by atoms with Crippen LogP contribution in [0.25, 0.3) is 0 Å². The summed E-state index contributed by atoms with van der Waals surface area (Å²) in [6, 6.07) is 0. The van der Waals surface area contributed by atoms with Crippen LogP contribution in [0.15, 0.2) is 0 Å². The number of ether oxygens (including phenoxy) is 1. The molecule has 0 aromatic heterocycles. The Morgan fingerprint density at radius 2 is 1.38 bits per heavy atom. The third-order valence-corrected chi connectivity index (χ3v) is 8.30. The molecule has 3 fully saturated rings. The van der Waals surface area contributed by atoms with Crippen molar-refractivity contribution in [3.05, 3.63) is 0 Å². The number of hydrogen-bond donors (Lipinski definition) is 0. The molecule has 3 aliphatic carbocycles. The third-order valence-electron chi connectivity index (χ3n) is 8.30. The van der Waals surface area contributed by atoms with Crippen LogP contribution in [0.3, 0.4) is 0 Å². The van der Waals surface area contributed by atoms with Gasteiger partial charge in [0.1, 0.15) is 0 Å². The Balaban J connectivity index is 1.43. The molecule has 0 atom stereocenters. The van der Waals surface area contributed by atoms with Crippen molar-refractivity contribution in [3.8, 4) is 0 Å². The lowest BCUT2D eigenvalue weighted by Crippen LogP contribution is -2.36. The van der Waals surface area contributed by atoms with Crippen LogP contribution >= 0.6 is 0 Å². The van der Waals surface area contributed by atoms with E-state index in [0.717, 1.165) is 24.4 Å². The summed E-state index contributed by atoms with van der Waals surface area (Å²) in [5, 5.41) is 0. The summed E-state index contributed by atoms with van der Waals surface area (Å²) in [5.41, 5.74) is 0.528. The van der Waals surface area contributed by atoms with E-state index in [0.29, 0.717) is 11.5 Å². The van der Waals surface area contributed by atoms with Gasteiger partial charge < -0.3 is 4.74 Å². The zero-order valence-corrected chi connectivity index (χ0v) is 17.9. The summed E-state index contributed by atoms with van der Waals surface area (Å²) in [7, 11) is 0. The first-order valence-electron chi connectivity index (χ1n) is 12.4. The third kappa shape index (κ3) is 5.73. The van der Waals surface area contributed by atoms with E-state index in [1.807, 2.05) is 0 Å². The maximum absolute atomic E-state index is 6.59. The van der Waals surface area contributed by atoms with Gasteiger partial charge in [0.2, 0.25) is 0 Å². The second kappa shape index (κ2) is 10.5. The standard InChI is InChI=1S/C25H46O/c1-3-8-21-11-13-24(14-12-21)26-20-25(17-4-2)18-15-23(16-19-25)22-9-6-5-7-10-22/h21-24H,3-20H2,1-2H3. The topological polar surface area (TPSA) is 9.23 Å². The van der Waals surface area contributed by atoms with E-state index in [2.05, 4.69) is 13.8 Å². The second-order valence-corrected chi connectivity index (χ2v) is 10.2. The fraction of sp³-hybridized carbons (Fsp3) is 1.00. The van der Waals surface area contributed by atoms with E-state index in [1.54, 1.807) is 0 Å². The highest BCUT2D eigenvalue weighted by Crippen LogP contribution is 2.47. The summed E-state index contributed by atoms with van der Waals surface area (Å²) in [4.78, 5) is 0. The van der Waals surface area contributed by atoms with Crippen molar-refractivity contribution in [3.63, 3.8) is 0 Å². The van der Waals surface area contributed by atoms with Crippen LogP contribution in [0.2, 0.25) is 0 Å². The minimum Gasteiger partial charge on any atom is -0.378 e. The van der Waals surface area contributed by atoms with Gasteiger partial charge >= 0.3 is 0 Å². The molecule has 0 unspecified atom stereocenters. The SMILES string of the molecule is CCCC1CCC(OCC2(CCC)CCC(C3CCCCC3)CC2)CC1. The first kappa shape index (κ1) is 20.7. The van der Waals surface area contributed by atoms with Gasteiger partial charge in [0.15, 0.2) is 0 Å². The Labute approximate surface area is 164 Å². The summed E-state index contributed by atoms with van der Waals surface area (Å²) < 4.78 is 6.59. The molecular weight excluding hydrogens is 316 g/mol. The Kier molecular flexibility index (Phi) is 8.35. The fourth-order valence-corrected chi connectivity index (χ4v) is 6.62. The van der Waals surface area contributed by atoms with E-state index in [-0.39, 0.29) is 0 Å². The minimum absolute atomic E-state index is 0.528. The van der Waals surface area contributed by atoms with Crippen molar-refractivity contribution in [1.29, 1.82) is 0 Å². The lowest BCUT2D eigenvalue weighted by molar-refractivity contribution is -0.0560. The Morgan fingerprint density at radius 1 is 0.731 bits per heavy atom. The summed E-state index contributed by atoms with van der Waals surface area (Å²) >= 11 is 0. The maximum atomic E-state index is 6.59. The number of hydrogen-bond acceptors (Lipinski definition) is 1. The van der Waals surface area contributed by atoms with Gasteiger partial charge in [-0.25, -0.2) is 0 Å². The van der Waals surface area contributed by atoms with Gasteiger partial charge in [-0.05, 0) is 81.0 Å². The molecule has 3 saturated carbocycles. The molecule has 0 bridgehead atoms. The van der Waals surface area contributed by atoms with Crippen LogP contribution in [0.4, 0.5) is 0 Å². The monoisotopic (exact) mass is 362 g/mol. The average molecular weight is 363 g/mol. The molecule has 0 amide bonds. The van der Waals surface area contributed by atoms with Gasteiger partial charge in [-0.3, -0.25) is 0 Å². The fourth-order valence-electron chi connectivity index (χ4n) is 6.62. The second-order valence-electron chi connectivity index (χ2n) is 10.2. The van der Waals surface area contributed by atoms with Crippen LogP contribution in [0.5, 0.6) is 0 Å². The molecule has 0 aliphatic heterocycles. The predicted molar refractivity (Wildman–Crippen MR) is 112 cm³/mol. The Morgan fingerprint density at radius 3 is 2.00 bits per heavy atom. The maximum Gasteiger partial charge on any atom is 0.0575 e. The quantitative estimate of drug-likeness (QED) is 0.426. The Hall–Kier alpha value is -0.0400. The van der Waals surface area contributed by atoms with E-state index >= 15 is 0 Å². The van der Waals surface area contributed by atoms with Crippen molar-refractivity contribution >= 4 is 0 Å². The first-order chi connectivity index (χ1) is 12.7. The molecule has 26 heavy (non-hydrogen) atoms. The van der Waals surface area contributed by atoms with Crippen molar-refractivity contribution in [1.82, 2.24) is 0 Å². The molecule has 0 saturated heterocycles. The Bertz CT molecular complexity index is 368. The molecule has 3 aliphatic rings. The summed E-state index contributed by atoms with van der Waals surface area (Å²) in [6.07, 6.45) is 25.1. The van der Waals surface area contributed by atoms with Gasteiger partial charge in [-0.2, -0.15) is 0 Å². The lowest BCUT2D eigenvalue weighted by Gasteiger charge is -2.44. The highest BCUT2D eigenvalue weighted by molar-refractivity contribution is 4.89. The molecule has 0 heterocycles. The van der Waals surface area contributed by atoms with Crippen LogP contribution in [0.1, 0.15) is 123 Å². The van der Waals surface area contributed by atoms with Crippen molar-refractivity contribution in [2.45, 2.75) is 129 Å². The summed E-state index contributed by atoms with van der Waals surface area (Å²) in [5.74, 6) is 3.11. The molecule has 0 aromatic rings. The summed E-state index contributed by atoms with van der Waals surface area (Å²) in [6.45, 7) is 5.78. The van der Waals surface area contributed by atoms with E-state index < -0.39 is 0 Å². The highest BCUT2D eigenvalue weighted by Gasteiger charge is 2.38. The van der Waals surface area contributed by atoms with Gasteiger partial charge in [0.25, 0.3) is 0 Å². The van der Waals surface area contributed by atoms with Crippen LogP contribution in [0, 0.1) is 23.2 Å². The van der Waals surface area contributed by atoms with Gasteiger partial charge in [0.05, 0.1) is 12.7 Å². The predicted octanol–water partition coefficient (Wildman–Crippen LogP) is 7.92. The number of rotatable bonds is 8. The van der Waals surface area contributed by atoms with Crippen molar-refractivity contribution in [2.24, 2.45) is 23.2 Å². The van der Waals surface area contributed by atoms with Crippen LogP contribution in [-0.2, 0) is 4.74 Å². The van der Waals surface area contributed by atoms with Crippen molar-refractivity contribution in [2.75, 3.05) is 6.61 Å². The smallest absolute Gasteiger partial charge is 0.0575 e.